The number of ether oxygens (including phenoxy) is 1. The number of amides is 2. The SMILES string of the molecule is CC[C@@H](C(=O)NC(C)(C)C)N(Cc1ccccc1)C(=O)COc1ccccc1C(C)C. The molecule has 168 valence electrons. The summed E-state index contributed by atoms with van der Waals surface area (Å²) in [6, 6.07) is 16.9. The van der Waals surface area contributed by atoms with Gasteiger partial charge in [0.15, 0.2) is 6.61 Å². The van der Waals surface area contributed by atoms with Crippen molar-refractivity contribution < 1.29 is 14.3 Å². The lowest BCUT2D eigenvalue weighted by atomic mass is 10.0. The maximum atomic E-state index is 13.3. The van der Waals surface area contributed by atoms with Crippen LogP contribution in [0.15, 0.2) is 54.6 Å². The molecule has 0 fully saturated rings. The molecule has 1 N–H and O–H groups in total. The number of hydrogen-bond acceptors (Lipinski definition) is 3. The first kappa shape index (κ1) is 24.4. The maximum absolute atomic E-state index is 13.3. The van der Waals surface area contributed by atoms with Crippen LogP contribution in [0.2, 0.25) is 0 Å². The van der Waals surface area contributed by atoms with Gasteiger partial charge in [-0.25, -0.2) is 0 Å². The van der Waals surface area contributed by atoms with Crippen LogP contribution in [0.1, 0.15) is 65.0 Å². The topological polar surface area (TPSA) is 58.6 Å². The fraction of sp³-hybridized carbons (Fsp3) is 0.462. The molecule has 0 aliphatic heterocycles. The number of rotatable bonds is 9. The largest absolute Gasteiger partial charge is 0.483 e. The van der Waals surface area contributed by atoms with E-state index in [0.717, 1.165) is 11.1 Å². The zero-order valence-electron chi connectivity index (χ0n) is 19.6. The van der Waals surface area contributed by atoms with Gasteiger partial charge in [0, 0.05) is 12.1 Å². The summed E-state index contributed by atoms with van der Waals surface area (Å²) in [5, 5.41) is 3.02. The summed E-state index contributed by atoms with van der Waals surface area (Å²) in [6.45, 7) is 12.2. The highest BCUT2D eigenvalue weighted by atomic mass is 16.5. The normalized spacial score (nSPS) is 12.4. The minimum atomic E-state index is -0.573. The van der Waals surface area contributed by atoms with Crippen molar-refractivity contribution in [2.45, 2.75) is 72.0 Å². The van der Waals surface area contributed by atoms with Crippen molar-refractivity contribution in [3.8, 4) is 5.75 Å². The number of carbonyl (C=O) groups is 2. The van der Waals surface area contributed by atoms with Crippen molar-refractivity contribution in [2.24, 2.45) is 0 Å². The average Bonchev–Trinajstić information content (AvgIpc) is 2.71. The van der Waals surface area contributed by atoms with E-state index in [1.807, 2.05) is 82.3 Å². The van der Waals surface area contributed by atoms with E-state index >= 15 is 0 Å². The molecule has 2 aromatic carbocycles. The lowest BCUT2D eigenvalue weighted by Crippen LogP contribution is -2.54. The molecule has 1 atom stereocenters. The molecule has 5 nitrogen and oxygen atoms in total. The van der Waals surface area contributed by atoms with Gasteiger partial charge in [-0.05, 0) is 50.3 Å². The molecule has 2 rings (SSSR count). The third kappa shape index (κ3) is 7.42. The Morgan fingerprint density at radius 3 is 2.19 bits per heavy atom. The van der Waals surface area contributed by atoms with Gasteiger partial charge in [0.25, 0.3) is 5.91 Å². The van der Waals surface area contributed by atoms with Gasteiger partial charge in [0.05, 0.1) is 0 Å². The molecule has 0 unspecified atom stereocenters. The van der Waals surface area contributed by atoms with Gasteiger partial charge < -0.3 is 15.0 Å². The molecular weight excluding hydrogens is 388 g/mol. The van der Waals surface area contributed by atoms with Crippen molar-refractivity contribution in [3.05, 3.63) is 65.7 Å². The van der Waals surface area contributed by atoms with E-state index in [4.69, 9.17) is 4.74 Å². The summed E-state index contributed by atoms with van der Waals surface area (Å²) in [7, 11) is 0. The predicted octanol–water partition coefficient (Wildman–Crippen LogP) is 4.91. The molecular formula is C26H36N2O3. The molecule has 5 heteroatoms. The molecule has 31 heavy (non-hydrogen) atoms. The highest BCUT2D eigenvalue weighted by Gasteiger charge is 2.31. The number of carbonyl (C=O) groups excluding carboxylic acids is 2. The minimum absolute atomic E-state index is 0.115. The van der Waals surface area contributed by atoms with Crippen molar-refractivity contribution in [3.63, 3.8) is 0 Å². The van der Waals surface area contributed by atoms with Crippen LogP contribution in [0.25, 0.3) is 0 Å². The summed E-state index contributed by atoms with van der Waals surface area (Å²) in [5.41, 5.74) is 1.65. The van der Waals surface area contributed by atoms with Crippen molar-refractivity contribution in [1.82, 2.24) is 10.2 Å². The van der Waals surface area contributed by atoms with Gasteiger partial charge in [-0.15, -0.1) is 0 Å². The monoisotopic (exact) mass is 424 g/mol. The van der Waals surface area contributed by atoms with E-state index < -0.39 is 6.04 Å². The van der Waals surface area contributed by atoms with Crippen LogP contribution in [-0.4, -0.2) is 34.9 Å². The summed E-state index contributed by atoms with van der Waals surface area (Å²) in [4.78, 5) is 27.9. The molecule has 0 saturated heterocycles. The first-order valence-electron chi connectivity index (χ1n) is 11.0. The number of para-hydroxylation sites is 1. The Morgan fingerprint density at radius 1 is 1.00 bits per heavy atom. The summed E-state index contributed by atoms with van der Waals surface area (Å²) < 4.78 is 5.93. The fourth-order valence-electron chi connectivity index (χ4n) is 3.46. The van der Waals surface area contributed by atoms with Gasteiger partial charge in [0.2, 0.25) is 5.91 Å². The highest BCUT2D eigenvalue weighted by Crippen LogP contribution is 2.26. The standard InChI is InChI=1S/C26H36N2O3/c1-7-22(25(30)27-26(4,5)6)28(17-20-13-9-8-10-14-20)24(29)18-31-23-16-12-11-15-21(23)19(2)3/h8-16,19,22H,7,17-18H2,1-6H3,(H,27,30)/t22-/m0/s1. The lowest BCUT2D eigenvalue weighted by molar-refractivity contribution is -0.143. The Labute approximate surface area is 186 Å². The molecule has 0 aliphatic carbocycles. The number of hydrogen-bond donors (Lipinski definition) is 1. The van der Waals surface area contributed by atoms with Gasteiger partial charge in [0.1, 0.15) is 11.8 Å². The first-order chi connectivity index (χ1) is 14.6. The van der Waals surface area contributed by atoms with Gasteiger partial charge >= 0.3 is 0 Å². The fourth-order valence-corrected chi connectivity index (χ4v) is 3.46. The quantitative estimate of drug-likeness (QED) is 0.622. The van der Waals surface area contributed by atoms with Crippen LogP contribution in [-0.2, 0) is 16.1 Å². The van der Waals surface area contributed by atoms with Gasteiger partial charge in [-0.2, -0.15) is 0 Å². The molecule has 0 aliphatic rings. The second kappa shape index (κ2) is 11.0. The minimum Gasteiger partial charge on any atom is -0.483 e. The number of nitrogens with zero attached hydrogens (tertiary/aromatic N) is 1. The number of nitrogens with one attached hydrogen (secondary N) is 1. The third-order valence-corrected chi connectivity index (χ3v) is 4.97. The first-order valence-corrected chi connectivity index (χ1v) is 11.0. The smallest absolute Gasteiger partial charge is 0.261 e. The summed E-state index contributed by atoms with van der Waals surface area (Å²) in [6.07, 6.45) is 0.517. The van der Waals surface area contributed by atoms with Crippen LogP contribution in [0.4, 0.5) is 0 Å². The molecule has 0 saturated carbocycles. The van der Waals surface area contributed by atoms with E-state index in [2.05, 4.69) is 19.2 Å². The van der Waals surface area contributed by atoms with Gasteiger partial charge in [-0.3, -0.25) is 9.59 Å². The molecule has 0 aromatic heterocycles. The Morgan fingerprint density at radius 2 is 1.61 bits per heavy atom. The van der Waals surface area contributed by atoms with E-state index in [1.165, 1.54) is 0 Å². The van der Waals surface area contributed by atoms with Crippen LogP contribution in [0.3, 0.4) is 0 Å². The Bertz CT molecular complexity index is 856. The third-order valence-electron chi connectivity index (χ3n) is 4.97. The zero-order valence-corrected chi connectivity index (χ0v) is 19.6. The molecule has 2 aromatic rings. The lowest BCUT2D eigenvalue weighted by Gasteiger charge is -2.33. The summed E-state index contributed by atoms with van der Waals surface area (Å²) >= 11 is 0. The molecule has 0 bridgehead atoms. The second-order valence-electron chi connectivity index (χ2n) is 9.15. The van der Waals surface area contributed by atoms with E-state index in [1.54, 1.807) is 4.90 Å². The Hall–Kier alpha value is -2.82. The van der Waals surface area contributed by atoms with Crippen LogP contribution in [0.5, 0.6) is 5.75 Å². The van der Waals surface area contributed by atoms with Gasteiger partial charge in [-0.1, -0.05) is 69.3 Å². The Kier molecular flexibility index (Phi) is 8.66. The van der Waals surface area contributed by atoms with E-state index in [9.17, 15) is 9.59 Å². The Balaban J connectivity index is 2.24. The van der Waals surface area contributed by atoms with Crippen LogP contribution < -0.4 is 10.1 Å². The maximum Gasteiger partial charge on any atom is 0.261 e. The molecule has 0 spiro atoms. The number of benzene rings is 2. The van der Waals surface area contributed by atoms with Crippen LogP contribution >= 0.6 is 0 Å². The average molecular weight is 425 g/mol. The van der Waals surface area contributed by atoms with Crippen molar-refractivity contribution in [1.29, 1.82) is 0 Å². The van der Waals surface area contributed by atoms with E-state index in [-0.39, 0.29) is 29.9 Å². The molecule has 0 radical (unpaired) electrons. The van der Waals surface area contributed by atoms with Crippen molar-refractivity contribution in [2.75, 3.05) is 6.61 Å². The second-order valence-corrected chi connectivity index (χ2v) is 9.15. The zero-order chi connectivity index (χ0) is 23.0. The molecule has 0 heterocycles. The predicted molar refractivity (Wildman–Crippen MR) is 125 cm³/mol. The van der Waals surface area contributed by atoms with E-state index in [0.29, 0.717) is 18.7 Å². The summed E-state index contributed by atoms with van der Waals surface area (Å²) in [5.74, 6) is 0.630. The van der Waals surface area contributed by atoms with Crippen LogP contribution in [0, 0.1) is 0 Å². The highest BCUT2D eigenvalue weighted by molar-refractivity contribution is 5.88. The molecule has 2 amide bonds. The van der Waals surface area contributed by atoms with Crippen molar-refractivity contribution >= 4 is 11.8 Å².